The Morgan fingerprint density at radius 2 is 1.94 bits per heavy atom. The van der Waals surface area contributed by atoms with Gasteiger partial charge >= 0.3 is 6.09 Å². The molecule has 1 aliphatic rings. The van der Waals surface area contributed by atoms with Gasteiger partial charge in [-0.05, 0) is 40.5 Å². The van der Waals surface area contributed by atoms with Gasteiger partial charge in [0.2, 0.25) is 0 Å². The third kappa shape index (κ3) is 5.23. The number of carbonyl (C=O) groups is 1. The van der Waals surface area contributed by atoms with Crippen LogP contribution in [0.1, 0.15) is 40.5 Å². The van der Waals surface area contributed by atoms with Crippen molar-refractivity contribution in [3.63, 3.8) is 0 Å². The Morgan fingerprint density at radius 3 is 2.39 bits per heavy atom. The molecule has 1 heterocycles. The number of aliphatic hydroxyl groups excluding tert-OH is 1. The molecule has 0 radical (unpaired) electrons. The van der Waals surface area contributed by atoms with Crippen molar-refractivity contribution in [2.75, 3.05) is 19.7 Å². The van der Waals surface area contributed by atoms with E-state index in [1.165, 1.54) is 0 Å². The van der Waals surface area contributed by atoms with Gasteiger partial charge in [-0.15, -0.1) is 0 Å². The standard InChI is InChI=1S/C13H25NO4/c1-10(9-15)17-11-5-7-14(8-6-11)12(16)18-13(2,3)4/h10-11,15H,5-9H2,1-4H3/t10-/m1/s1. The summed E-state index contributed by atoms with van der Waals surface area (Å²) in [6.45, 7) is 8.78. The Morgan fingerprint density at radius 1 is 1.39 bits per heavy atom. The van der Waals surface area contributed by atoms with Crippen molar-refractivity contribution in [2.45, 2.75) is 58.3 Å². The number of rotatable bonds is 3. The van der Waals surface area contributed by atoms with Crippen molar-refractivity contribution in [1.29, 1.82) is 0 Å². The molecule has 1 N–H and O–H groups in total. The highest BCUT2D eigenvalue weighted by Crippen LogP contribution is 2.18. The molecule has 0 aliphatic carbocycles. The Kier molecular flexibility index (Phi) is 5.41. The minimum absolute atomic E-state index is 0.0340. The molecule has 0 bridgehead atoms. The summed E-state index contributed by atoms with van der Waals surface area (Å²) in [6, 6.07) is 0. The average Bonchev–Trinajstić information content (AvgIpc) is 2.27. The van der Waals surface area contributed by atoms with Crippen LogP contribution in [-0.4, -0.2) is 53.6 Å². The van der Waals surface area contributed by atoms with Gasteiger partial charge in [-0.25, -0.2) is 4.79 Å². The van der Waals surface area contributed by atoms with Crippen LogP contribution in [0.15, 0.2) is 0 Å². The van der Waals surface area contributed by atoms with E-state index >= 15 is 0 Å². The van der Waals surface area contributed by atoms with Crippen molar-refractivity contribution in [1.82, 2.24) is 4.90 Å². The summed E-state index contributed by atoms with van der Waals surface area (Å²) in [5.74, 6) is 0. The first-order valence-electron chi connectivity index (χ1n) is 6.56. The lowest BCUT2D eigenvalue weighted by Gasteiger charge is -2.34. The number of nitrogens with zero attached hydrogens (tertiary/aromatic N) is 1. The van der Waals surface area contributed by atoms with Crippen LogP contribution in [0, 0.1) is 0 Å². The fraction of sp³-hybridized carbons (Fsp3) is 0.923. The molecule has 5 nitrogen and oxygen atoms in total. The van der Waals surface area contributed by atoms with Gasteiger partial charge in [-0.2, -0.15) is 0 Å². The second kappa shape index (κ2) is 6.38. The number of hydrogen-bond acceptors (Lipinski definition) is 4. The predicted molar refractivity (Wildman–Crippen MR) is 68.5 cm³/mol. The molecule has 0 saturated carbocycles. The predicted octanol–water partition coefficient (Wildman–Crippen LogP) is 1.78. The Labute approximate surface area is 109 Å². The first-order chi connectivity index (χ1) is 8.31. The molecule has 0 aromatic carbocycles. The molecule has 1 fully saturated rings. The molecule has 1 amide bonds. The third-order valence-corrected chi connectivity index (χ3v) is 2.78. The third-order valence-electron chi connectivity index (χ3n) is 2.78. The maximum absolute atomic E-state index is 11.8. The number of likely N-dealkylation sites (tertiary alicyclic amines) is 1. The van der Waals surface area contributed by atoms with Gasteiger partial charge in [-0.3, -0.25) is 0 Å². The topological polar surface area (TPSA) is 59.0 Å². The summed E-state index contributed by atoms with van der Waals surface area (Å²) in [5.41, 5.74) is -0.449. The molecular formula is C13H25NO4. The first kappa shape index (κ1) is 15.2. The van der Waals surface area contributed by atoms with E-state index in [4.69, 9.17) is 14.6 Å². The van der Waals surface area contributed by atoms with Crippen molar-refractivity contribution < 1.29 is 19.4 Å². The fourth-order valence-corrected chi connectivity index (χ4v) is 1.87. The Balaban J connectivity index is 2.33. The lowest BCUT2D eigenvalue weighted by Crippen LogP contribution is -2.44. The second-order valence-corrected chi connectivity index (χ2v) is 5.80. The molecule has 0 spiro atoms. The van der Waals surface area contributed by atoms with Crippen LogP contribution < -0.4 is 0 Å². The smallest absolute Gasteiger partial charge is 0.410 e. The summed E-state index contributed by atoms with van der Waals surface area (Å²) in [5, 5.41) is 8.92. The Hall–Kier alpha value is -0.810. The number of aliphatic hydroxyl groups is 1. The van der Waals surface area contributed by atoms with E-state index in [2.05, 4.69) is 0 Å². The van der Waals surface area contributed by atoms with Gasteiger partial charge in [0.15, 0.2) is 0 Å². The summed E-state index contributed by atoms with van der Waals surface area (Å²) in [7, 11) is 0. The van der Waals surface area contributed by atoms with Crippen LogP contribution in [0.4, 0.5) is 4.79 Å². The molecule has 0 unspecified atom stereocenters. The quantitative estimate of drug-likeness (QED) is 0.839. The van der Waals surface area contributed by atoms with E-state index in [9.17, 15) is 4.79 Å². The SMILES string of the molecule is C[C@H](CO)OC1CCN(C(=O)OC(C)(C)C)CC1. The van der Waals surface area contributed by atoms with Gasteiger partial charge < -0.3 is 19.5 Å². The summed E-state index contributed by atoms with van der Waals surface area (Å²) < 4.78 is 11.0. The number of ether oxygens (including phenoxy) is 2. The number of amides is 1. The molecule has 1 atom stereocenters. The highest BCUT2D eigenvalue weighted by molar-refractivity contribution is 5.68. The summed E-state index contributed by atoms with van der Waals surface area (Å²) in [6.07, 6.45) is 1.33. The molecule has 1 aliphatic heterocycles. The van der Waals surface area contributed by atoms with Gasteiger partial charge in [0.25, 0.3) is 0 Å². The monoisotopic (exact) mass is 259 g/mol. The number of hydrogen-bond donors (Lipinski definition) is 1. The fourth-order valence-electron chi connectivity index (χ4n) is 1.87. The highest BCUT2D eigenvalue weighted by Gasteiger charge is 2.27. The second-order valence-electron chi connectivity index (χ2n) is 5.80. The highest BCUT2D eigenvalue weighted by atomic mass is 16.6. The van der Waals surface area contributed by atoms with Crippen LogP contribution in [-0.2, 0) is 9.47 Å². The zero-order chi connectivity index (χ0) is 13.8. The van der Waals surface area contributed by atoms with Gasteiger partial charge in [0.1, 0.15) is 5.60 Å². The lowest BCUT2D eigenvalue weighted by atomic mass is 10.1. The maximum atomic E-state index is 11.8. The molecule has 106 valence electrons. The van der Waals surface area contributed by atoms with E-state index in [1.54, 1.807) is 4.90 Å². The van der Waals surface area contributed by atoms with Crippen LogP contribution in [0.2, 0.25) is 0 Å². The van der Waals surface area contributed by atoms with E-state index in [0.29, 0.717) is 13.1 Å². The zero-order valence-electron chi connectivity index (χ0n) is 11.8. The molecule has 0 aromatic rings. The van der Waals surface area contributed by atoms with Crippen molar-refractivity contribution in [3.8, 4) is 0 Å². The summed E-state index contributed by atoms with van der Waals surface area (Å²) in [4.78, 5) is 13.5. The van der Waals surface area contributed by atoms with Gasteiger partial charge in [0.05, 0.1) is 18.8 Å². The molecular weight excluding hydrogens is 234 g/mol. The molecule has 1 rings (SSSR count). The van der Waals surface area contributed by atoms with E-state index in [-0.39, 0.29) is 24.9 Å². The Bertz CT molecular complexity index is 267. The maximum Gasteiger partial charge on any atom is 0.410 e. The average molecular weight is 259 g/mol. The first-order valence-corrected chi connectivity index (χ1v) is 6.56. The van der Waals surface area contributed by atoms with E-state index in [0.717, 1.165) is 12.8 Å². The normalized spacial score (nSPS) is 19.7. The largest absolute Gasteiger partial charge is 0.444 e. The molecule has 5 heteroatoms. The molecule has 0 aromatic heterocycles. The zero-order valence-corrected chi connectivity index (χ0v) is 11.8. The minimum Gasteiger partial charge on any atom is -0.444 e. The van der Waals surface area contributed by atoms with Crippen LogP contribution in [0.5, 0.6) is 0 Å². The molecule has 18 heavy (non-hydrogen) atoms. The minimum atomic E-state index is -0.449. The summed E-state index contributed by atoms with van der Waals surface area (Å²) >= 11 is 0. The van der Waals surface area contributed by atoms with E-state index < -0.39 is 5.60 Å². The van der Waals surface area contributed by atoms with Crippen LogP contribution in [0.3, 0.4) is 0 Å². The van der Waals surface area contributed by atoms with E-state index in [1.807, 2.05) is 27.7 Å². The van der Waals surface area contributed by atoms with Crippen LogP contribution in [0.25, 0.3) is 0 Å². The van der Waals surface area contributed by atoms with Crippen LogP contribution >= 0.6 is 0 Å². The molecule has 1 saturated heterocycles. The van der Waals surface area contributed by atoms with Gasteiger partial charge in [0, 0.05) is 13.1 Å². The number of carbonyl (C=O) groups excluding carboxylic acids is 1. The van der Waals surface area contributed by atoms with Crippen molar-refractivity contribution >= 4 is 6.09 Å². The van der Waals surface area contributed by atoms with Crippen molar-refractivity contribution in [3.05, 3.63) is 0 Å². The number of piperidine rings is 1. The van der Waals surface area contributed by atoms with Crippen molar-refractivity contribution in [2.24, 2.45) is 0 Å². The lowest BCUT2D eigenvalue weighted by molar-refractivity contribution is -0.0564. The van der Waals surface area contributed by atoms with Gasteiger partial charge in [-0.1, -0.05) is 0 Å².